The average Bonchev–Trinajstić information content (AvgIpc) is 2.20. The van der Waals surface area contributed by atoms with Crippen molar-refractivity contribution in [1.29, 1.82) is 0 Å². The fourth-order valence-corrected chi connectivity index (χ4v) is 1.16. The smallest absolute Gasteiger partial charge is 0.342 e. The third-order valence-electron chi connectivity index (χ3n) is 2.57. The first-order valence-corrected chi connectivity index (χ1v) is 5.00. The molecule has 84 valence electrons. The van der Waals surface area contributed by atoms with Crippen molar-refractivity contribution in [2.24, 2.45) is 5.92 Å². The van der Waals surface area contributed by atoms with Crippen molar-refractivity contribution in [3.05, 3.63) is 20.8 Å². The molecule has 0 saturated heterocycles. The topological polar surface area (TPSA) is 90.6 Å². The van der Waals surface area contributed by atoms with Gasteiger partial charge in [-0.15, -0.1) is 5.10 Å². The molecule has 0 spiro atoms. The summed E-state index contributed by atoms with van der Waals surface area (Å²) < 4.78 is 0. The summed E-state index contributed by atoms with van der Waals surface area (Å²) in [5.74, 6) is 0.584. The van der Waals surface area contributed by atoms with Crippen molar-refractivity contribution in [3.8, 4) is 0 Å². The minimum atomic E-state index is -0.596. The normalized spacial score (nSPS) is 14.6. The van der Waals surface area contributed by atoms with Crippen LogP contribution >= 0.6 is 0 Å². The Labute approximate surface area is 87.1 Å². The van der Waals surface area contributed by atoms with Crippen LogP contribution in [0, 0.1) is 5.92 Å². The molecule has 1 rings (SSSR count). The van der Waals surface area contributed by atoms with Crippen LogP contribution in [-0.2, 0) is 0 Å². The van der Waals surface area contributed by atoms with Gasteiger partial charge in [-0.25, -0.2) is 9.89 Å². The maximum Gasteiger partial charge on any atom is 0.342 e. The highest BCUT2D eigenvalue weighted by atomic mass is 16.2. The quantitative estimate of drug-likeness (QED) is 0.669. The van der Waals surface area contributed by atoms with Crippen LogP contribution in [0.4, 0.5) is 5.82 Å². The van der Waals surface area contributed by atoms with Gasteiger partial charge in [0.15, 0.2) is 0 Å². The van der Waals surface area contributed by atoms with Crippen LogP contribution in [-0.4, -0.2) is 21.2 Å². The van der Waals surface area contributed by atoms with E-state index in [-0.39, 0.29) is 11.9 Å². The van der Waals surface area contributed by atoms with E-state index in [9.17, 15) is 9.59 Å². The molecule has 0 bridgehead atoms. The van der Waals surface area contributed by atoms with Crippen LogP contribution < -0.4 is 16.6 Å². The SMILES string of the molecule is CCC(C)C(C)Nc1n[nH]c(=O)[nH]c1=O. The molecule has 0 aliphatic heterocycles. The summed E-state index contributed by atoms with van der Waals surface area (Å²) >= 11 is 0. The Bertz CT molecular complexity index is 423. The fraction of sp³-hybridized carbons (Fsp3) is 0.667. The maximum atomic E-state index is 11.3. The Balaban J connectivity index is 2.81. The number of rotatable bonds is 4. The third kappa shape index (κ3) is 2.93. The highest BCUT2D eigenvalue weighted by Gasteiger charge is 2.12. The highest BCUT2D eigenvalue weighted by molar-refractivity contribution is 5.30. The zero-order valence-corrected chi connectivity index (χ0v) is 9.13. The molecular formula is C9H16N4O2. The van der Waals surface area contributed by atoms with Gasteiger partial charge in [-0.05, 0) is 12.8 Å². The molecule has 15 heavy (non-hydrogen) atoms. The van der Waals surface area contributed by atoms with Crippen molar-refractivity contribution in [3.63, 3.8) is 0 Å². The van der Waals surface area contributed by atoms with Gasteiger partial charge >= 0.3 is 5.69 Å². The van der Waals surface area contributed by atoms with Gasteiger partial charge in [0, 0.05) is 6.04 Å². The predicted octanol–water partition coefficient (Wildman–Crippen LogP) is 0.305. The van der Waals surface area contributed by atoms with E-state index in [0.717, 1.165) is 6.42 Å². The molecule has 6 nitrogen and oxygen atoms in total. The Morgan fingerprint density at radius 2 is 2.07 bits per heavy atom. The Morgan fingerprint density at radius 3 is 2.60 bits per heavy atom. The number of aromatic amines is 2. The second-order valence-corrected chi connectivity index (χ2v) is 3.67. The molecule has 1 heterocycles. The second kappa shape index (κ2) is 4.77. The minimum Gasteiger partial charge on any atom is -0.361 e. The summed E-state index contributed by atoms with van der Waals surface area (Å²) in [6.07, 6.45) is 1.01. The maximum absolute atomic E-state index is 11.3. The van der Waals surface area contributed by atoms with Crippen molar-refractivity contribution in [2.75, 3.05) is 5.32 Å². The molecule has 0 aromatic carbocycles. The van der Waals surface area contributed by atoms with Gasteiger partial charge in [0.25, 0.3) is 5.56 Å². The van der Waals surface area contributed by atoms with E-state index in [0.29, 0.717) is 5.92 Å². The summed E-state index contributed by atoms with van der Waals surface area (Å²) in [6.45, 7) is 6.13. The number of nitrogens with zero attached hydrogens (tertiary/aromatic N) is 1. The van der Waals surface area contributed by atoms with Crippen molar-refractivity contribution in [1.82, 2.24) is 15.2 Å². The molecule has 0 saturated carbocycles. The zero-order chi connectivity index (χ0) is 11.4. The Hall–Kier alpha value is -1.59. The van der Waals surface area contributed by atoms with E-state index >= 15 is 0 Å². The lowest BCUT2D eigenvalue weighted by atomic mass is 10.0. The van der Waals surface area contributed by atoms with Crippen molar-refractivity contribution >= 4 is 5.82 Å². The average molecular weight is 212 g/mol. The van der Waals surface area contributed by atoms with Crippen LogP contribution in [0.3, 0.4) is 0 Å². The molecule has 6 heteroatoms. The standard InChI is InChI=1S/C9H16N4O2/c1-4-5(2)6(3)10-7-8(14)11-9(15)13-12-7/h5-6H,4H2,1-3H3,(H,10,12)(H2,11,13,14,15). The largest absolute Gasteiger partial charge is 0.361 e. The van der Waals surface area contributed by atoms with E-state index in [1.807, 2.05) is 6.92 Å². The number of hydrogen-bond donors (Lipinski definition) is 3. The third-order valence-corrected chi connectivity index (χ3v) is 2.57. The molecule has 0 aliphatic rings. The summed E-state index contributed by atoms with van der Waals surface area (Å²) in [6, 6.07) is 0.134. The first-order valence-electron chi connectivity index (χ1n) is 5.00. The molecule has 1 aromatic heterocycles. The molecule has 1 aromatic rings. The lowest BCUT2D eigenvalue weighted by Crippen LogP contribution is -2.32. The first-order chi connectivity index (χ1) is 7.04. The van der Waals surface area contributed by atoms with E-state index < -0.39 is 11.2 Å². The number of aromatic nitrogens is 3. The lowest BCUT2D eigenvalue weighted by molar-refractivity contribution is 0.492. The van der Waals surface area contributed by atoms with Crippen LogP contribution in [0.1, 0.15) is 27.2 Å². The molecule has 3 N–H and O–H groups in total. The summed E-state index contributed by atoms with van der Waals surface area (Å²) in [7, 11) is 0. The molecule has 2 unspecified atom stereocenters. The van der Waals surface area contributed by atoms with E-state index in [4.69, 9.17) is 0 Å². The Morgan fingerprint density at radius 1 is 1.40 bits per heavy atom. The van der Waals surface area contributed by atoms with Gasteiger partial charge in [-0.1, -0.05) is 20.3 Å². The van der Waals surface area contributed by atoms with Crippen LogP contribution in [0.5, 0.6) is 0 Å². The molecular weight excluding hydrogens is 196 g/mol. The number of hydrogen-bond acceptors (Lipinski definition) is 4. The number of anilines is 1. The van der Waals surface area contributed by atoms with Crippen molar-refractivity contribution < 1.29 is 0 Å². The van der Waals surface area contributed by atoms with Gasteiger partial charge in [0.2, 0.25) is 5.82 Å². The molecule has 0 fully saturated rings. The van der Waals surface area contributed by atoms with Crippen LogP contribution in [0.15, 0.2) is 9.59 Å². The van der Waals surface area contributed by atoms with Gasteiger partial charge in [-0.3, -0.25) is 9.78 Å². The summed E-state index contributed by atoms with van der Waals surface area (Å²) in [4.78, 5) is 24.1. The van der Waals surface area contributed by atoms with Gasteiger partial charge in [0.05, 0.1) is 0 Å². The first kappa shape index (κ1) is 11.5. The molecule has 0 aliphatic carbocycles. The van der Waals surface area contributed by atoms with Crippen LogP contribution in [0.25, 0.3) is 0 Å². The fourth-order valence-electron chi connectivity index (χ4n) is 1.16. The highest BCUT2D eigenvalue weighted by Crippen LogP contribution is 2.09. The zero-order valence-electron chi connectivity index (χ0n) is 9.13. The van der Waals surface area contributed by atoms with E-state index in [2.05, 4.69) is 34.3 Å². The minimum absolute atomic E-state index is 0.134. The number of H-pyrrole nitrogens is 2. The predicted molar refractivity (Wildman–Crippen MR) is 58.0 cm³/mol. The van der Waals surface area contributed by atoms with E-state index in [1.165, 1.54) is 0 Å². The summed E-state index contributed by atoms with van der Waals surface area (Å²) in [5.41, 5.74) is -1.09. The second-order valence-electron chi connectivity index (χ2n) is 3.67. The van der Waals surface area contributed by atoms with Crippen molar-refractivity contribution in [2.45, 2.75) is 33.2 Å². The van der Waals surface area contributed by atoms with Crippen LogP contribution in [0.2, 0.25) is 0 Å². The van der Waals surface area contributed by atoms with E-state index in [1.54, 1.807) is 0 Å². The monoisotopic (exact) mass is 212 g/mol. The Kier molecular flexibility index (Phi) is 3.65. The lowest BCUT2D eigenvalue weighted by Gasteiger charge is -2.19. The van der Waals surface area contributed by atoms with Gasteiger partial charge in [-0.2, -0.15) is 0 Å². The van der Waals surface area contributed by atoms with Gasteiger partial charge in [0.1, 0.15) is 0 Å². The number of nitrogens with one attached hydrogen (secondary N) is 3. The molecule has 2 atom stereocenters. The summed E-state index contributed by atoms with van der Waals surface area (Å²) in [5, 5.41) is 8.78. The van der Waals surface area contributed by atoms with Gasteiger partial charge < -0.3 is 5.32 Å². The molecule has 0 amide bonds. The molecule has 0 radical (unpaired) electrons.